The number of hydrogen-bond donors (Lipinski definition) is 2. The predicted octanol–water partition coefficient (Wildman–Crippen LogP) is 3.63. The molecule has 1 aromatic carbocycles. The fourth-order valence-corrected chi connectivity index (χ4v) is 3.38. The Morgan fingerprint density at radius 2 is 1.90 bits per heavy atom. The Hall–Kier alpha value is -1.35. The molecule has 0 aromatic heterocycles. The van der Waals surface area contributed by atoms with Gasteiger partial charge in [-0.05, 0) is 43.6 Å². The van der Waals surface area contributed by atoms with Gasteiger partial charge >= 0.3 is 5.97 Å². The Labute approximate surface area is 127 Å². The van der Waals surface area contributed by atoms with Gasteiger partial charge in [-0.2, -0.15) is 0 Å². The third kappa shape index (κ3) is 5.16. The summed E-state index contributed by atoms with van der Waals surface area (Å²) in [4.78, 5) is 11.5. The number of carboxylic acid groups (broad SMARTS) is 1. The van der Waals surface area contributed by atoms with Crippen LogP contribution in [0.15, 0.2) is 30.3 Å². The van der Waals surface area contributed by atoms with E-state index >= 15 is 0 Å². The maximum atomic E-state index is 11.5. The summed E-state index contributed by atoms with van der Waals surface area (Å²) < 4.78 is 0. The Morgan fingerprint density at radius 1 is 1.24 bits per heavy atom. The van der Waals surface area contributed by atoms with Gasteiger partial charge < -0.3 is 10.4 Å². The first-order valence-corrected chi connectivity index (χ1v) is 8.21. The zero-order valence-corrected chi connectivity index (χ0v) is 12.9. The van der Waals surface area contributed by atoms with Gasteiger partial charge in [0.2, 0.25) is 0 Å². The average Bonchev–Trinajstić information content (AvgIpc) is 2.50. The number of aliphatic carboxylic acids is 1. The molecule has 0 aliphatic heterocycles. The van der Waals surface area contributed by atoms with E-state index < -0.39 is 12.0 Å². The Balaban J connectivity index is 1.85. The number of rotatable bonds is 7. The molecule has 1 saturated carbocycles. The van der Waals surface area contributed by atoms with Crippen LogP contribution in [0.5, 0.6) is 0 Å². The molecule has 0 amide bonds. The SMILES string of the molecule is CCCC1CCC(N[C@H](Cc2ccccc2)C(=O)O)CC1. The van der Waals surface area contributed by atoms with Crippen molar-refractivity contribution in [1.82, 2.24) is 5.32 Å². The highest BCUT2D eigenvalue weighted by Gasteiger charge is 2.25. The number of nitrogens with one attached hydrogen (secondary N) is 1. The second-order valence-electron chi connectivity index (χ2n) is 6.25. The molecule has 0 spiro atoms. The van der Waals surface area contributed by atoms with Crippen molar-refractivity contribution in [2.75, 3.05) is 0 Å². The van der Waals surface area contributed by atoms with E-state index in [0.29, 0.717) is 12.5 Å². The standard InChI is InChI=1S/C18H27NO2/c1-2-6-14-9-11-16(12-10-14)19-17(18(20)21)13-15-7-4-3-5-8-15/h3-5,7-8,14,16-17,19H,2,6,9-13H2,1H3,(H,20,21)/t14?,16?,17-/m1/s1. The summed E-state index contributed by atoms with van der Waals surface area (Å²) in [6, 6.07) is 9.77. The summed E-state index contributed by atoms with van der Waals surface area (Å²) in [5, 5.41) is 12.8. The van der Waals surface area contributed by atoms with Gasteiger partial charge in [0.15, 0.2) is 0 Å². The molecule has 1 aliphatic carbocycles. The van der Waals surface area contributed by atoms with Gasteiger partial charge in [0.05, 0.1) is 0 Å². The van der Waals surface area contributed by atoms with Crippen molar-refractivity contribution >= 4 is 5.97 Å². The molecule has 21 heavy (non-hydrogen) atoms. The average molecular weight is 289 g/mol. The molecule has 2 N–H and O–H groups in total. The van der Waals surface area contributed by atoms with Crippen molar-refractivity contribution < 1.29 is 9.90 Å². The van der Waals surface area contributed by atoms with Crippen molar-refractivity contribution in [2.45, 2.75) is 64.0 Å². The van der Waals surface area contributed by atoms with Crippen LogP contribution in [0.4, 0.5) is 0 Å². The molecule has 1 aromatic rings. The fourth-order valence-electron chi connectivity index (χ4n) is 3.38. The maximum Gasteiger partial charge on any atom is 0.321 e. The highest BCUT2D eigenvalue weighted by atomic mass is 16.4. The molecule has 1 fully saturated rings. The first kappa shape index (κ1) is 16.0. The highest BCUT2D eigenvalue weighted by molar-refractivity contribution is 5.74. The lowest BCUT2D eigenvalue weighted by Crippen LogP contribution is -2.46. The van der Waals surface area contributed by atoms with E-state index in [2.05, 4.69) is 12.2 Å². The lowest BCUT2D eigenvalue weighted by atomic mass is 9.83. The minimum Gasteiger partial charge on any atom is -0.480 e. The van der Waals surface area contributed by atoms with Crippen LogP contribution in [0.2, 0.25) is 0 Å². The van der Waals surface area contributed by atoms with Crippen molar-refractivity contribution in [3.63, 3.8) is 0 Å². The quantitative estimate of drug-likeness (QED) is 0.806. The first-order valence-electron chi connectivity index (χ1n) is 8.21. The molecule has 1 atom stereocenters. The van der Waals surface area contributed by atoms with Gasteiger partial charge in [-0.25, -0.2) is 0 Å². The number of carboxylic acids is 1. The molecule has 2 rings (SSSR count). The van der Waals surface area contributed by atoms with Gasteiger partial charge in [-0.15, -0.1) is 0 Å². The number of carbonyl (C=O) groups is 1. The largest absolute Gasteiger partial charge is 0.480 e. The molecular weight excluding hydrogens is 262 g/mol. The Bertz CT molecular complexity index is 424. The molecule has 0 heterocycles. The van der Waals surface area contributed by atoms with Crippen LogP contribution in [-0.2, 0) is 11.2 Å². The lowest BCUT2D eigenvalue weighted by molar-refractivity contribution is -0.139. The highest BCUT2D eigenvalue weighted by Crippen LogP contribution is 2.28. The van der Waals surface area contributed by atoms with Gasteiger partial charge in [0.1, 0.15) is 6.04 Å². The summed E-state index contributed by atoms with van der Waals surface area (Å²) in [6.45, 7) is 2.24. The summed E-state index contributed by atoms with van der Waals surface area (Å²) in [5.41, 5.74) is 1.08. The molecule has 0 saturated heterocycles. The van der Waals surface area contributed by atoms with Crippen LogP contribution < -0.4 is 5.32 Å². The van der Waals surface area contributed by atoms with Crippen LogP contribution in [-0.4, -0.2) is 23.2 Å². The second-order valence-corrected chi connectivity index (χ2v) is 6.25. The van der Waals surface area contributed by atoms with E-state index in [1.54, 1.807) is 0 Å². The minimum atomic E-state index is -0.741. The molecule has 3 heteroatoms. The molecular formula is C18H27NO2. The van der Waals surface area contributed by atoms with Crippen molar-refractivity contribution in [2.24, 2.45) is 5.92 Å². The molecule has 0 bridgehead atoms. The molecule has 0 radical (unpaired) electrons. The smallest absolute Gasteiger partial charge is 0.321 e. The van der Waals surface area contributed by atoms with E-state index in [1.165, 1.54) is 25.7 Å². The summed E-state index contributed by atoms with van der Waals surface area (Å²) in [5.74, 6) is 0.111. The zero-order chi connectivity index (χ0) is 15.1. The summed E-state index contributed by atoms with van der Waals surface area (Å²) in [6.07, 6.45) is 7.84. The third-order valence-electron chi connectivity index (χ3n) is 4.56. The molecule has 3 nitrogen and oxygen atoms in total. The van der Waals surface area contributed by atoms with Crippen LogP contribution in [0.1, 0.15) is 51.0 Å². The second kappa shape index (κ2) is 8.18. The lowest BCUT2D eigenvalue weighted by Gasteiger charge is -2.31. The monoisotopic (exact) mass is 289 g/mol. The molecule has 1 aliphatic rings. The minimum absolute atomic E-state index is 0.364. The third-order valence-corrected chi connectivity index (χ3v) is 4.56. The zero-order valence-electron chi connectivity index (χ0n) is 12.9. The van der Waals surface area contributed by atoms with Crippen LogP contribution in [0.25, 0.3) is 0 Å². The van der Waals surface area contributed by atoms with Gasteiger partial charge in [0.25, 0.3) is 0 Å². The van der Waals surface area contributed by atoms with E-state index in [9.17, 15) is 9.90 Å². The topological polar surface area (TPSA) is 49.3 Å². The fraction of sp³-hybridized carbons (Fsp3) is 0.611. The van der Waals surface area contributed by atoms with E-state index in [4.69, 9.17) is 0 Å². The van der Waals surface area contributed by atoms with E-state index in [1.807, 2.05) is 30.3 Å². The van der Waals surface area contributed by atoms with Gasteiger partial charge in [0, 0.05) is 6.04 Å². The van der Waals surface area contributed by atoms with Crippen molar-refractivity contribution in [3.8, 4) is 0 Å². The van der Waals surface area contributed by atoms with Gasteiger partial charge in [-0.3, -0.25) is 4.79 Å². The predicted molar refractivity (Wildman–Crippen MR) is 85.4 cm³/mol. The summed E-state index contributed by atoms with van der Waals surface area (Å²) >= 11 is 0. The van der Waals surface area contributed by atoms with Crippen LogP contribution in [0, 0.1) is 5.92 Å². The number of benzene rings is 1. The molecule has 116 valence electrons. The van der Waals surface area contributed by atoms with Crippen molar-refractivity contribution in [1.29, 1.82) is 0 Å². The van der Waals surface area contributed by atoms with E-state index in [-0.39, 0.29) is 0 Å². The van der Waals surface area contributed by atoms with Crippen LogP contribution >= 0.6 is 0 Å². The van der Waals surface area contributed by atoms with Crippen LogP contribution in [0.3, 0.4) is 0 Å². The van der Waals surface area contributed by atoms with E-state index in [0.717, 1.165) is 24.3 Å². The Kier molecular flexibility index (Phi) is 6.24. The van der Waals surface area contributed by atoms with Crippen molar-refractivity contribution in [3.05, 3.63) is 35.9 Å². The maximum absolute atomic E-state index is 11.5. The Morgan fingerprint density at radius 3 is 2.48 bits per heavy atom. The normalized spacial score (nSPS) is 23.7. The van der Waals surface area contributed by atoms with Gasteiger partial charge in [-0.1, -0.05) is 50.1 Å². The number of hydrogen-bond acceptors (Lipinski definition) is 2. The summed E-state index contributed by atoms with van der Waals surface area (Å²) in [7, 11) is 0. The first-order chi connectivity index (χ1) is 10.2. The molecule has 0 unspecified atom stereocenters.